The molecule has 10 nitrogen and oxygen atoms in total. The molecule has 0 saturated heterocycles. The van der Waals surface area contributed by atoms with Crippen LogP contribution < -0.4 is 44.5 Å². The van der Waals surface area contributed by atoms with Crippen LogP contribution in [0, 0.1) is 0 Å². The number of para-hydroxylation sites is 2. The lowest BCUT2D eigenvalue weighted by molar-refractivity contribution is 0.286. The fourth-order valence-corrected chi connectivity index (χ4v) is 6.33. The number of halogens is 1. The molecule has 0 spiro atoms. The van der Waals surface area contributed by atoms with Gasteiger partial charge >= 0.3 is 0 Å². The van der Waals surface area contributed by atoms with Gasteiger partial charge in [-0.2, -0.15) is 0 Å². The molecule has 0 bridgehead atoms. The van der Waals surface area contributed by atoms with Crippen molar-refractivity contribution in [3.8, 4) is 45.8 Å². The lowest BCUT2D eigenvalue weighted by atomic mass is 9.95. The summed E-state index contributed by atoms with van der Waals surface area (Å²) >= 11 is 3.62. The van der Waals surface area contributed by atoms with Gasteiger partial charge in [-0.3, -0.25) is 4.79 Å². The quantitative estimate of drug-likeness (QED) is 0.125. The van der Waals surface area contributed by atoms with E-state index >= 15 is 0 Å². The third-order valence-electron chi connectivity index (χ3n) is 8.16. The number of rotatable bonds is 12. The minimum absolute atomic E-state index is 0.0300. The zero-order valence-corrected chi connectivity index (χ0v) is 28.3. The molecule has 11 heteroatoms. The van der Waals surface area contributed by atoms with Crippen molar-refractivity contribution in [2.75, 3.05) is 52.8 Å². The van der Waals surface area contributed by atoms with Crippen LogP contribution in [0.5, 0.6) is 34.5 Å². The highest BCUT2D eigenvalue weighted by Crippen LogP contribution is 2.45. The predicted molar refractivity (Wildman–Crippen MR) is 185 cm³/mol. The number of hydrogen-bond acceptors (Lipinski definition) is 10. The van der Waals surface area contributed by atoms with E-state index in [2.05, 4.69) is 38.7 Å². The van der Waals surface area contributed by atoms with Crippen LogP contribution in [0.2, 0.25) is 0 Å². The van der Waals surface area contributed by atoms with Gasteiger partial charge in [0.05, 0.1) is 53.5 Å². The third kappa shape index (κ3) is 5.98. The van der Waals surface area contributed by atoms with Crippen molar-refractivity contribution in [1.29, 1.82) is 0 Å². The Hall–Kier alpha value is -5.03. The molecule has 0 fully saturated rings. The van der Waals surface area contributed by atoms with Gasteiger partial charge in [0.15, 0.2) is 17.3 Å². The number of anilines is 2. The molecule has 0 atom stereocenters. The molecule has 0 amide bonds. The summed E-state index contributed by atoms with van der Waals surface area (Å²) < 4.78 is 41.5. The fraction of sp³-hybridized carbons (Fsp3) is 0.250. The van der Waals surface area contributed by atoms with Crippen molar-refractivity contribution in [2.24, 2.45) is 0 Å². The molecular formula is C36H35BrN2O8. The fourth-order valence-electron chi connectivity index (χ4n) is 5.93. The molecule has 1 aliphatic rings. The Morgan fingerprint density at radius 3 is 2.02 bits per heavy atom. The molecule has 5 aromatic rings. The van der Waals surface area contributed by atoms with Gasteiger partial charge in [0.25, 0.3) is 0 Å². The molecule has 2 N–H and O–H groups in total. The largest absolute Gasteiger partial charge is 0.496 e. The number of methoxy groups -OCH3 is 5. The predicted octanol–water partition coefficient (Wildman–Crippen LogP) is 7.82. The van der Waals surface area contributed by atoms with Crippen molar-refractivity contribution < 1.29 is 32.8 Å². The normalized spacial score (nSPS) is 12.9. The zero-order valence-electron chi connectivity index (χ0n) is 26.7. The van der Waals surface area contributed by atoms with E-state index in [0.29, 0.717) is 47.2 Å². The van der Waals surface area contributed by atoms with Gasteiger partial charge in [0, 0.05) is 22.2 Å². The second-order valence-electron chi connectivity index (χ2n) is 10.9. The van der Waals surface area contributed by atoms with E-state index in [4.69, 9.17) is 32.8 Å². The molecule has 0 aliphatic carbocycles. The molecule has 2 heterocycles. The lowest BCUT2D eigenvalue weighted by Gasteiger charge is -2.32. The van der Waals surface area contributed by atoms with Gasteiger partial charge in [-0.15, -0.1) is 0 Å². The first kappa shape index (κ1) is 31.9. The molecular weight excluding hydrogens is 668 g/mol. The topological polar surface area (TPSA) is 110 Å². The van der Waals surface area contributed by atoms with E-state index in [1.165, 1.54) is 35.5 Å². The van der Waals surface area contributed by atoms with E-state index in [9.17, 15) is 4.79 Å². The first-order valence-electron chi connectivity index (χ1n) is 14.9. The SMILES string of the molecule is COc1cc(OC)c2c(=O)c(OCCCC3(c4cccc(Br)c4)Nc4ccccc4N3)c(-c3cc(OC)c(OC)c(OC)c3)oc2c1. The Morgan fingerprint density at radius 1 is 0.745 bits per heavy atom. The highest BCUT2D eigenvalue weighted by molar-refractivity contribution is 9.10. The number of ether oxygens (including phenoxy) is 6. The minimum atomic E-state index is -0.593. The first-order valence-corrected chi connectivity index (χ1v) is 15.7. The molecule has 0 saturated carbocycles. The van der Waals surface area contributed by atoms with Gasteiger partial charge in [-0.25, -0.2) is 0 Å². The average Bonchev–Trinajstić information content (AvgIpc) is 3.49. The maximum atomic E-state index is 14.2. The Morgan fingerprint density at radius 2 is 1.43 bits per heavy atom. The molecule has 244 valence electrons. The molecule has 0 radical (unpaired) electrons. The van der Waals surface area contributed by atoms with Gasteiger partial charge in [-0.1, -0.05) is 40.2 Å². The Bertz CT molecular complexity index is 1940. The monoisotopic (exact) mass is 702 g/mol. The molecule has 0 unspecified atom stereocenters. The van der Waals surface area contributed by atoms with Gasteiger partial charge in [-0.05, 0) is 54.8 Å². The maximum absolute atomic E-state index is 14.2. The molecule has 1 aromatic heterocycles. The smallest absolute Gasteiger partial charge is 0.239 e. The van der Waals surface area contributed by atoms with E-state index in [0.717, 1.165) is 21.4 Å². The average molecular weight is 704 g/mol. The van der Waals surface area contributed by atoms with Crippen molar-refractivity contribution in [1.82, 2.24) is 0 Å². The number of fused-ring (bicyclic) bond motifs is 2. The van der Waals surface area contributed by atoms with Crippen molar-refractivity contribution in [2.45, 2.75) is 18.5 Å². The van der Waals surface area contributed by atoms with Crippen molar-refractivity contribution in [3.63, 3.8) is 0 Å². The second kappa shape index (κ2) is 13.4. The van der Waals surface area contributed by atoms with Crippen LogP contribution in [0.15, 0.2) is 86.5 Å². The zero-order chi connectivity index (χ0) is 33.1. The van der Waals surface area contributed by atoms with Crippen LogP contribution in [0.3, 0.4) is 0 Å². The summed E-state index contributed by atoms with van der Waals surface area (Å²) in [6.07, 6.45) is 1.21. The highest BCUT2D eigenvalue weighted by atomic mass is 79.9. The summed E-state index contributed by atoms with van der Waals surface area (Å²) in [5.41, 5.74) is 2.87. The Labute approximate surface area is 280 Å². The summed E-state index contributed by atoms with van der Waals surface area (Å²) in [4.78, 5) is 14.2. The molecule has 47 heavy (non-hydrogen) atoms. The van der Waals surface area contributed by atoms with E-state index in [1.54, 1.807) is 24.3 Å². The first-order chi connectivity index (χ1) is 22.8. The summed E-state index contributed by atoms with van der Waals surface area (Å²) in [5, 5.41) is 7.61. The number of benzene rings is 4. The van der Waals surface area contributed by atoms with Gasteiger partial charge in [0.2, 0.25) is 16.9 Å². The maximum Gasteiger partial charge on any atom is 0.239 e. The molecule has 6 rings (SSSR count). The third-order valence-corrected chi connectivity index (χ3v) is 8.65. The molecule has 4 aromatic carbocycles. The summed E-state index contributed by atoms with van der Waals surface area (Å²) in [7, 11) is 7.59. The standard InChI is InChI=1S/C36H35BrN2O8/c1-41-24-19-27(42-2)31-28(20-24)47-33(21-16-29(43-3)34(45-5)30(17-21)44-4)35(32(31)40)46-15-9-14-36(22-10-8-11-23(37)18-22)38-25-12-6-7-13-26(25)39-36/h6-8,10-13,16-20,38-39H,9,14-15H2,1-5H3. The van der Waals surface area contributed by atoms with E-state index in [-0.39, 0.29) is 34.5 Å². The van der Waals surface area contributed by atoms with Gasteiger partial charge in [0.1, 0.15) is 28.1 Å². The van der Waals surface area contributed by atoms with Crippen LogP contribution in [-0.4, -0.2) is 42.2 Å². The number of nitrogens with one attached hydrogen (secondary N) is 2. The van der Waals surface area contributed by atoms with Crippen molar-refractivity contribution >= 4 is 38.3 Å². The van der Waals surface area contributed by atoms with Crippen LogP contribution in [0.25, 0.3) is 22.3 Å². The van der Waals surface area contributed by atoms with Crippen LogP contribution in [0.4, 0.5) is 11.4 Å². The summed E-state index contributed by atoms with van der Waals surface area (Å²) in [6, 6.07) is 23.0. The Balaban J connectivity index is 1.39. The van der Waals surface area contributed by atoms with Crippen LogP contribution >= 0.6 is 15.9 Å². The Kier molecular flexibility index (Phi) is 9.08. The summed E-state index contributed by atoms with van der Waals surface area (Å²) in [5.74, 6) is 2.20. The second-order valence-corrected chi connectivity index (χ2v) is 11.8. The van der Waals surface area contributed by atoms with Crippen LogP contribution in [-0.2, 0) is 5.66 Å². The number of hydrogen-bond donors (Lipinski definition) is 2. The highest BCUT2D eigenvalue weighted by Gasteiger charge is 2.37. The van der Waals surface area contributed by atoms with Crippen LogP contribution in [0.1, 0.15) is 18.4 Å². The summed E-state index contributed by atoms with van der Waals surface area (Å²) in [6.45, 7) is 0.210. The van der Waals surface area contributed by atoms with Gasteiger partial charge < -0.3 is 43.5 Å². The molecule has 1 aliphatic heterocycles. The van der Waals surface area contributed by atoms with E-state index in [1.807, 2.05) is 36.4 Å². The lowest BCUT2D eigenvalue weighted by Crippen LogP contribution is -2.39. The van der Waals surface area contributed by atoms with E-state index < -0.39 is 5.66 Å². The minimum Gasteiger partial charge on any atom is -0.496 e. The van der Waals surface area contributed by atoms with Crippen molar-refractivity contribution in [3.05, 3.63) is 93.1 Å².